The number of likely N-dealkylation sites (tertiary alicyclic amines) is 1. The Morgan fingerprint density at radius 1 is 1.15 bits per heavy atom. The molecule has 0 saturated carbocycles. The van der Waals surface area contributed by atoms with Crippen LogP contribution in [0.4, 0.5) is 0 Å². The lowest BCUT2D eigenvalue weighted by atomic mass is 9.91. The van der Waals surface area contributed by atoms with E-state index >= 15 is 0 Å². The van der Waals surface area contributed by atoms with Gasteiger partial charge in [0.2, 0.25) is 5.91 Å². The fraction of sp³-hybridized carbons (Fsp3) is 0.517. The first kappa shape index (κ1) is 28.8. The van der Waals surface area contributed by atoms with Crippen LogP contribution in [0.3, 0.4) is 0 Å². The molecule has 0 spiro atoms. The van der Waals surface area contributed by atoms with E-state index in [4.69, 9.17) is 5.73 Å². The van der Waals surface area contributed by atoms with Crippen LogP contribution in [0.25, 0.3) is 6.08 Å². The van der Waals surface area contributed by atoms with Crippen molar-refractivity contribution in [1.82, 2.24) is 25.4 Å². The Bertz CT molecular complexity index is 1260. The zero-order valence-electron chi connectivity index (χ0n) is 23.5. The lowest BCUT2D eigenvalue weighted by molar-refractivity contribution is -0.141. The third kappa shape index (κ3) is 7.24. The van der Waals surface area contributed by atoms with Crippen molar-refractivity contribution in [3.05, 3.63) is 56.7 Å². The van der Waals surface area contributed by atoms with Crippen molar-refractivity contribution in [1.29, 1.82) is 0 Å². The van der Waals surface area contributed by atoms with Crippen molar-refractivity contribution in [2.75, 3.05) is 26.7 Å². The van der Waals surface area contributed by atoms with Crippen molar-refractivity contribution >= 4 is 35.1 Å². The molecule has 2 aliphatic heterocycles. The number of benzene rings is 1. The van der Waals surface area contributed by atoms with Crippen molar-refractivity contribution in [2.24, 2.45) is 11.1 Å². The third-order valence-electron chi connectivity index (χ3n) is 7.14. The zero-order valence-corrected chi connectivity index (χ0v) is 24.4. The standard InChI is InChI=1S/C29H40N6O3S/c1-18-8-6-9-19(14-18)15-20(30)25(36)31-21-11-13-35(28(38)29(2,3)4)16-23(21)32-26(37)27-33-22-10-7-12-34(5)17-24(22)39-27/h6,8-9,14-15,21,23H,7,10-13,16-17,30H2,1-5H3,(H,31,36)(H,32,37)/b20-15-/t21-,23+/m0/s1. The maximum Gasteiger partial charge on any atom is 0.280 e. The highest BCUT2D eigenvalue weighted by Crippen LogP contribution is 2.25. The van der Waals surface area contributed by atoms with Gasteiger partial charge in [-0.1, -0.05) is 50.6 Å². The van der Waals surface area contributed by atoms with Gasteiger partial charge in [-0.2, -0.15) is 0 Å². The van der Waals surface area contributed by atoms with Gasteiger partial charge >= 0.3 is 0 Å². The molecule has 4 N–H and O–H groups in total. The number of rotatable bonds is 5. The van der Waals surface area contributed by atoms with E-state index in [1.165, 1.54) is 11.3 Å². The molecule has 0 aliphatic carbocycles. The summed E-state index contributed by atoms with van der Waals surface area (Å²) >= 11 is 1.42. The van der Waals surface area contributed by atoms with E-state index in [0.29, 0.717) is 24.5 Å². The summed E-state index contributed by atoms with van der Waals surface area (Å²) < 4.78 is 0. The Morgan fingerprint density at radius 2 is 1.92 bits per heavy atom. The van der Waals surface area contributed by atoms with E-state index in [1.807, 2.05) is 52.0 Å². The van der Waals surface area contributed by atoms with Crippen molar-refractivity contribution in [3.63, 3.8) is 0 Å². The quantitative estimate of drug-likeness (QED) is 0.491. The Hall–Kier alpha value is -3.24. The molecule has 0 bridgehead atoms. The molecule has 39 heavy (non-hydrogen) atoms. The molecule has 1 saturated heterocycles. The monoisotopic (exact) mass is 552 g/mol. The second-order valence-electron chi connectivity index (χ2n) is 11.7. The predicted molar refractivity (Wildman–Crippen MR) is 154 cm³/mol. The van der Waals surface area contributed by atoms with E-state index in [1.54, 1.807) is 11.0 Å². The van der Waals surface area contributed by atoms with Crippen LogP contribution in [-0.2, 0) is 22.6 Å². The molecule has 0 radical (unpaired) electrons. The first-order chi connectivity index (χ1) is 18.4. The number of nitrogens with zero attached hydrogens (tertiary/aromatic N) is 3. The molecule has 3 heterocycles. The summed E-state index contributed by atoms with van der Waals surface area (Å²) in [6.45, 7) is 10.2. The zero-order chi connectivity index (χ0) is 28.3. The molecule has 0 unspecified atom stereocenters. The van der Waals surface area contributed by atoms with E-state index < -0.39 is 17.4 Å². The van der Waals surface area contributed by atoms with Crippen LogP contribution in [0.15, 0.2) is 30.0 Å². The van der Waals surface area contributed by atoms with Gasteiger partial charge in [0.25, 0.3) is 11.8 Å². The summed E-state index contributed by atoms with van der Waals surface area (Å²) in [5, 5.41) is 6.51. The molecule has 1 aromatic carbocycles. The fourth-order valence-corrected chi connectivity index (χ4v) is 6.15. The number of nitrogens with one attached hydrogen (secondary N) is 2. The molecule has 9 nitrogen and oxygen atoms in total. The van der Waals surface area contributed by atoms with Crippen molar-refractivity contribution in [2.45, 2.75) is 65.6 Å². The number of hydrogen-bond donors (Lipinski definition) is 3. The first-order valence-corrected chi connectivity index (χ1v) is 14.3. The number of aryl methyl sites for hydroxylation is 2. The molecule has 210 valence electrons. The Morgan fingerprint density at radius 3 is 2.64 bits per heavy atom. The van der Waals surface area contributed by atoms with Gasteiger partial charge in [-0.25, -0.2) is 4.98 Å². The molecule has 3 amide bonds. The molecule has 4 rings (SSSR count). The SMILES string of the molecule is Cc1cccc(/C=C(\N)C(=O)N[C@H]2CCN(C(=O)C(C)(C)C)C[C@H]2NC(=O)c2nc3c(s2)CN(C)CCC3)c1. The van der Waals surface area contributed by atoms with Gasteiger partial charge in [-0.3, -0.25) is 14.4 Å². The molecule has 2 aromatic rings. The van der Waals surface area contributed by atoms with Gasteiger partial charge in [0.05, 0.1) is 23.5 Å². The van der Waals surface area contributed by atoms with Crippen molar-refractivity contribution in [3.8, 4) is 0 Å². The maximum absolute atomic E-state index is 13.4. The number of aromatic nitrogens is 1. The van der Waals surface area contributed by atoms with Crippen LogP contribution in [0, 0.1) is 12.3 Å². The molecular weight excluding hydrogens is 512 g/mol. The summed E-state index contributed by atoms with van der Waals surface area (Å²) in [6.07, 6.45) is 4.00. The molecular formula is C29H40N6O3S. The summed E-state index contributed by atoms with van der Waals surface area (Å²) in [5.74, 6) is -0.678. The van der Waals surface area contributed by atoms with Crippen LogP contribution < -0.4 is 16.4 Å². The molecule has 1 aromatic heterocycles. The van der Waals surface area contributed by atoms with E-state index in [0.717, 1.165) is 47.6 Å². The van der Waals surface area contributed by atoms with Crippen LogP contribution in [0.1, 0.15) is 65.1 Å². The molecule has 2 aliphatic rings. The number of amides is 3. The van der Waals surface area contributed by atoms with Gasteiger partial charge in [-0.15, -0.1) is 11.3 Å². The summed E-state index contributed by atoms with van der Waals surface area (Å²) in [5.41, 5.74) is 8.59. The predicted octanol–water partition coefficient (Wildman–Crippen LogP) is 2.69. The molecule has 2 atom stereocenters. The topological polar surface area (TPSA) is 121 Å². The van der Waals surface area contributed by atoms with Crippen LogP contribution in [0.2, 0.25) is 0 Å². The fourth-order valence-electron chi connectivity index (χ4n) is 5.06. The highest BCUT2D eigenvalue weighted by Gasteiger charge is 2.37. The lowest BCUT2D eigenvalue weighted by Gasteiger charge is -2.41. The Kier molecular flexibility index (Phi) is 8.76. The van der Waals surface area contributed by atoms with Crippen LogP contribution >= 0.6 is 11.3 Å². The summed E-state index contributed by atoms with van der Waals surface area (Å²) in [6, 6.07) is 6.86. The number of carbonyl (C=O) groups is 3. The maximum atomic E-state index is 13.4. The lowest BCUT2D eigenvalue weighted by Crippen LogP contribution is -2.62. The smallest absolute Gasteiger partial charge is 0.280 e. The van der Waals surface area contributed by atoms with Gasteiger partial charge in [-0.05, 0) is 51.4 Å². The number of piperidine rings is 1. The highest BCUT2D eigenvalue weighted by molar-refractivity contribution is 7.13. The minimum atomic E-state index is -0.551. The summed E-state index contributed by atoms with van der Waals surface area (Å²) in [7, 11) is 2.07. The van der Waals surface area contributed by atoms with Crippen LogP contribution in [0.5, 0.6) is 0 Å². The van der Waals surface area contributed by atoms with E-state index in [-0.39, 0.29) is 23.6 Å². The minimum absolute atomic E-state index is 0.00869. The molecule has 10 heteroatoms. The second kappa shape index (κ2) is 11.9. The average Bonchev–Trinajstić information content (AvgIpc) is 3.17. The minimum Gasteiger partial charge on any atom is -0.394 e. The van der Waals surface area contributed by atoms with Gasteiger partial charge in [0.15, 0.2) is 5.01 Å². The number of nitrogens with two attached hydrogens (primary N) is 1. The largest absolute Gasteiger partial charge is 0.394 e. The van der Waals surface area contributed by atoms with Gasteiger partial charge in [0, 0.05) is 29.9 Å². The van der Waals surface area contributed by atoms with Gasteiger partial charge in [0.1, 0.15) is 0 Å². The van der Waals surface area contributed by atoms with Crippen molar-refractivity contribution < 1.29 is 14.4 Å². The van der Waals surface area contributed by atoms with E-state index in [2.05, 4.69) is 27.6 Å². The first-order valence-electron chi connectivity index (χ1n) is 13.5. The number of fused-ring (bicyclic) bond motifs is 1. The third-order valence-corrected chi connectivity index (χ3v) is 8.22. The normalized spacial score (nSPS) is 20.6. The highest BCUT2D eigenvalue weighted by atomic mass is 32.1. The number of carbonyl (C=O) groups excluding carboxylic acids is 3. The van der Waals surface area contributed by atoms with Gasteiger partial charge < -0.3 is 26.2 Å². The second-order valence-corrected chi connectivity index (χ2v) is 12.8. The van der Waals surface area contributed by atoms with Crippen LogP contribution in [-0.4, -0.2) is 71.3 Å². The Balaban J connectivity index is 1.51. The van der Waals surface area contributed by atoms with E-state index in [9.17, 15) is 14.4 Å². The molecule has 1 fully saturated rings. The number of thiazole rings is 1. The summed E-state index contributed by atoms with van der Waals surface area (Å²) in [4.78, 5) is 49.3. The average molecular weight is 553 g/mol. The Labute approximate surface area is 234 Å². The number of hydrogen-bond acceptors (Lipinski definition) is 7.